The van der Waals surface area contributed by atoms with Gasteiger partial charge in [-0.3, -0.25) is 4.79 Å². The minimum atomic E-state index is -0.214. The molecule has 0 radical (unpaired) electrons. The summed E-state index contributed by atoms with van der Waals surface area (Å²) in [5, 5.41) is 5.65. The number of hydrogen-bond acceptors (Lipinski definition) is 5. The zero-order chi connectivity index (χ0) is 14.5. The molecule has 0 spiro atoms. The first kappa shape index (κ1) is 14.3. The Morgan fingerprint density at radius 1 is 1.50 bits per heavy atom. The monoisotopic (exact) mass is 291 g/mol. The summed E-state index contributed by atoms with van der Waals surface area (Å²) in [7, 11) is 0. The molecule has 0 aliphatic rings. The molecule has 1 amide bonds. The Hall–Kier alpha value is -2.08. The molecule has 1 heterocycles. The molecule has 3 N–H and O–H groups in total. The molecule has 1 aromatic carbocycles. The van der Waals surface area contributed by atoms with E-state index in [0.29, 0.717) is 30.2 Å². The molecule has 1 aromatic heterocycles. The second kappa shape index (κ2) is 6.38. The van der Waals surface area contributed by atoms with Crippen molar-refractivity contribution < 1.29 is 9.53 Å². The van der Waals surface area contributed by atoms with E-state index in [2.05, 4.69) is 10.3 Å². The molecule has 2 rings (SSSR count). The van der Waals surface area contributed by atoms with E-state index in [1.54, 1.807) is 18.2 Å². The van der Waals surface area contributed by atoms with Gasteiger partial charge < -0.3 is 15.8 Å². The molecule has 0 aliphatic carbocycles. The SMILES string of the molecule is CCOc1c(N)cccc1C(=O)NCc1nc(C)cs1. The topological polar surface area (TPSA) is 77.2 Å². The van der Waals surface area contributed by atoms with Gasteiger partial charge in [-0.15, -0.1) is 11.3 Å². The fraction of sp³-hybridized carbons (Fsp3) is 0.286. The predicted octanol–water partition coefficient (Wildman–Crippen LogP) is 2.36. The lowest BCUT2D eigenvalue weighted by atomic mass is 10.1. The second-order valence-electron chi connectivity index (χ2n) is 4.22. The third-order valence-corrected chi connectivity index (χ3v) is 3.61. The molecule has 0 aliphatic heterocycles. The van der Waals surface area contributed by atoms with Crippen molar-refractivity contribution >= 4 is 22.9 Å². The van der Waals surface area contributed by atoms with Crippen molar-refractivity contribution in [1.82, 2.24) is 10.3 Å². The zero-order valence-corrected chi connectivity index (χ0v) is 12.3. The Bertz CT molecular complexity index is 610. The molecule has 6 heteroatoms. The molecule has 0 atom stereocenters. The average Bonchev–Trinajstić information content (AvgIpc) is 2.84. The van der Waals surface area contributed by atoms with Gasteiger partial charge in [-0.2, -0.15) is 0 Å². The number of anilines is 1. The zero-order valence-electron chi connectivity index (χ0n) is 11.5. The molecule has 0 unspecified atom stereocenters. The summed E-state index contributed by atoms with van der Waals surface area (Å²) in [5.41, 5.74) is 7.70. The van der Waals surface area contributed by atoms with E-state index in [1.165, 1.54) is 11.3 Å². The first-order chi connectivity index (χ1) is 9.61. The van der Waals surface area contributed by atoms with Crippen molar-refractivity contribution in [3.05, 3.63) is 39.8 Å². The van der Waals surface area contributed by atoms with E-state index >= 15 is 0 Å². The first-order valence-electron chi connectivity index (χ1n) is 6.32. The van der Waals surface area contributed by atoms with Crippen molar-refractivity contribution in [1.29, 1.82) is 0 Å². The lowest BCUT2D eigenvalue weighted by molar-refractivity contribution is 0.0947. The van der Waals surface area contributed by atoms with Gasteiger partial charge in [0.15, 0.2) is 5.75 Å². The maximum absolute atomic E-state index is 12.2. The van der Waals surface area contributed by atoms with Gasteiger partial charge in [0.25, 0.3) is 5.91 Å². The highest BCUT2D eigenvalue weighted by Crippen LogP contribution is 2.26. The van der Waals surface area contributed by atoms with Crippen LogP contribution >= 0.6 is 11.3 Å². The number of thiazole rings is 1. The Kier molecular flexibility index (Phi) is 4.57. The fourth-order valence-electron chi connectivity index (χ4n) is 1.77. The van der Waals surface area contributed by atoms with Gasteiger partial charge >= 0.3 is 0 Å². The van der Waals surface area contributed by atoms with E-state index in [0.717, 1.165) is 10.7 Å². The normalized spacial score (nSPS) is 10.3. The van der Waals surface area contributed by atoms with Crippen LogP contribution in [0.4, 0.5) is 5.69 Å². The average molecular weight is 291 g/mol. The summed E-state index contributed by atoms with van der Waals surface area (Å²) in [6, 6.07) is 5.15. The Balaban J connectivity index is 2.10. The van der Waals surface area contributed by atoms with Crippen molar-refractivity contribution in [2.75, 3.05) is 12.3 Å². The summed E-state index contributed by atoms with van der Waals surface area (Å²) >= 11 is 1.52. The second-order valence-corrected chi connectivity index (χ2v) is 5.16. The predicted molar refractivity (Wildman–Crippen MR) is 80.0 cm³/mol. The summed E-state index contributed by atoms with van der Waals surface area (Å²) < 4.78 is 5.45. The van der Waals surface area contributed by atoms with Crippen LogP contribution in [0.1, 0.15) is 28.0 Å². The van der Waals surface area contributed by atoms with Crippen molar-refractivity contribution in [3.63, 3.8) is 0 Å². The Morgan fingerprint density at radius 3 is 2.95 bits per heavy atom. The molecule has 0 saturated heterocycles. The number of amides is 1. The van der Waals surface area contributed by atoms with Crippen LogP contribution in [0.25, 0.3) is 0 Å². The number of para-hydroxylation sites is 1. The van der Waals surface area contributed by atoms with E-state index in [4.69, 9.17) is 10.5 Å². The summed E-state index contributed by atoms with van der Waals surface area (Å²) in [6.07, 6.45) is 0. The van der Waals surface area contributed by atoms with Gasteiger partial charge in [0.05, 0.1) is 24.4 Å². The van der Waals surface area contributed by atoms with Crippen LogP contribution in [0, 0.1) is 6.92 Å². The number of ether oxygens (including phenoxy) is 1. The number of benzene rings is 1. The smallest absolute Gasteiger partial charge is 0.255 e. The van der Waals surface area contributed by atoms with Gasteiger partial charge in [-0.25, -0.2) is 4.98 Å². The van der Waals surface area contributed by atoms with Crippen LogP contribution in [-0.4, -0.2) is 17.5 Å². The summed E-state index contributed by atoms with van der Waals surface area (Å²) in [4.78, 5) is 16.5. The van der Waals surface area contributed by atoms with Crippen LogP contribution in [0.15, 0.2) is 23.6 Å². The van der Waals surface area contributed by atoms with Crippen LogP contribution in [-0.2, 0) is 6.54 Å². The van der Waals surface area contributed by atoms with Gasteiger partial charge in [0, 0.05) is 11.1 Å². The molecule has 106 valence electrons. The Labute approximate surface area is 121 Å². The number of nitrogens with two attached hydrogens (primary N) is 1. The van der Waals surface area contributed by atoms with Crippen LogP contribution in [0.2, 0.25) is 0 Å². The number of nitrogen functional groups attached to an aromatic ring is 1. The Morgan fingerprint density at radius 2 is 2.30 bits per heavy atom. The highest BCUT2D eigenvalue weighted by Gasteiger charge is 2.15. The third-order valence-electron chi connectivity index (χ3n) is 2.65. The minimum Gasteiger partial charge on any atom is -0.491 e. The van der Waals surface area contributed by atoms with Crippen molar-refractivity contribution in [2.24, 2.45) is 0 Å². The largest absolute Gasteiger partial charge is 0.491 e. The number of nitrogens with zero attached hydrogens (tertiary/aromatic N) is 1. The van der Waals surface area contributed by atoms with E-state index < -0.39 is 0 Å². The lowest BCUT2D eigenvalue weighted by Gasteiger charge is -2.12. The molecule has 20 heavy (non-hydrogen) atoms. The molecule has 0 fully saturated rings. The number of nitrogens with one attached hydrogen (secondary N) is 1. The van der Waals surface area contributed by atoms with Gasteiger partial charge in [-0.05, 0) is 26.0 Å². The third kappa shape index (κ3) is 3.27. The molecule has 2 aromatic rings. The molecule has 0 saturated carbocycles. The molecular formula is C14H17N3O2S. The quantitative estimate of drug-likeness (QED) is 0.829. The number of aromatic nitrogens is 1. The molecular weight excluding hydrogens is 274 g/mol. The van der Waals surface area contributed by atoms with E-state index in [-0.39, 0.29) is 5.91 Å². The van der Waals surface area contributed by atoms with Crippen molar-refractivity contribution in [3.8, 4) is 5.75 Å². The maximum Gasteiger partial charge on any atom is 0.255 e. The van der Waals surface area contributed by atoms with Crippen LogP contribution < -0.4 is 15.8 Å². The van der Waals surface area contributed by atoms with Crippen LogP contribution in [0.3, 0.4) is 0 Å². The summed E-state index contributed by atoms with van der Waals surface area (Å²) in [5.74, 6) is 0.219. The van der Waals surface area contributed by atoms with Crippen molar-refractivity contribution in [2.45, 2.75) is 20.4 Å². The molecule has 5 nitrogen and oxygen atoms in total. The number of hydrogen-bond donors (Lipinski definition) is 2. The number of carbonyl (C=O) groups excluding carboxylic acids is 1. The minimum absolute atomic E-state index is 0.214. The standard InChI is InChI=1S/C14H17N3O2S/c1-3-19-13-10(5-4-6-11(13)15)14(18)16-7-12-17-9(2)8-20-12/h4-6,8H,3,7,15H2,1-2H3,(H,16,18). The lowest BCUT2D eigenvalue weighted by Crippen LogP contribution is -2.23. The van der Waals surface area contributed by atoms with Crippen LogP contribution in [0.5, 0.6) is 5.75 Å². The van der Waals surface area contributed by atoms with E-state index in [1.807, 2.05) is 19.2 Å². The number of rotatable bonds is 5. The number of aryl methyl sites for hydroxylation is 1. The fourth-order valence-corrected chi connectivity index (χ4v) is 2.49. The first-order valence-corrected chi connectivity index (χ1v) is 7.20. The summed E-state index contributed by atoms with van der Waals surface area (Å²) in [6.45, 7) is 4.64. The van der Waals surface area contributed by atoms with Gasteiger partial charge in [-0.1, -0.05) is 6.07 Å². The highest BCUT2D eigenvalue weighted by molar-refractivity contribution is 7.09. The van der Waals surface area contributed by atoms with Gasteiger partial charge in [0.1, 0.15) is 5.01 Å². The van der Waals surface area contributed by atoms with Gasteiger partial charge in [0.2, 0.25) is 0 Å². The number of carbonyl (C=O) groups is 1. The highest BCUT2D eigenvalue weighted by atomic mass is 32.1. The molecule has 0 bridgehead atoms. The van der Waals surface area contributed by atoms with E-state index in [9.17, 15) is 4.79 Å². The maximum atomic E-state index is 12.2.